The second kappa shape index (κ2) is 4.61. The predicted molar refractivity (Wildman–Crippen MR) is 54.5 cm³/mol. The van der Waals surface area contributed by atoms with E-state index >= 15 is 0 Å². The Kier molecular flexibility index (Phi) is 3.47. The molecule has 0 aliphatic rings. The molecule has 3 heteroatoms. The molecule has 0 spiro atoms. The lowest BCUT2D eigenvalue weighted by molar-refractivity contribution is 0.626. The van der Waals surface area contributed by atoms with Crippen molar-refractivity contribution in [2.45, 2.75) is 26.3 Å². The fourth-order valence-corrected chi connectivity index (χ4v) is 1.21. The Morgan fingerprint density at radius 2 is 2.29 bits per heavy atom. The maximum atomic E-state index is 13.3. The van der Waals surface area contributed by atoms with E-state index in [0.717, 1.165) is 5.56 Å². The predicted octanol–water partition coefficient (Wildman–Crippen LogP) is 2.85. The van der Waals surface area contributed by atoms with Gasteiger partial charge in [0.25, 0.3) is 0 Å². The molecule has 0 saturated heterocycles. The third-order valence-corrected chi connectivity index (χ3v) is 2.10. The van der Waals surface area contributed by atoms with Crippen LogP contribution in [0.4, 0.5) is 10.1 Å². The lowest BCUT2D eigenvalue weighted by atomic mass is 10.1. The van der Waals surface area contributed by atoms with E-state index in [0.29, 0.717) is 12.1 Å². The molecule has 1 aromatic rings. The lowest BCUT2D eigenvalue weighted by Crippen LogP contribution is -2.17. The number of para-hydroxylation sites is 1. The highest BCUT2D eigenvalue weighted by Crippen LogP contribution is 2.19. The van der Waals surface area contributed by atoms with E-state index < -0.39 is 0 Å². The minimum absolute atomic E-state index is 0.307. The van der Waals surface area contributed by atoms with E-state index in [2.05, 4.69) is 11.4 Å². The first-order valence-electron chi connectivity index (χ1n) is 4.60. The zero-order valence-corrected chi connectivity index (χ0v) is 8.34. The van der Waals surface area contributed by atoms with Crippen molar-refractivity contribution in [1.82, 2.24) is 0 Å². The van der Waals surface area contributed by atoms with E-state index in [1.807, 2.05) is 19.9 Å². The first-order valence-corrected chi connectivity index (χ1v) is 4.60. The SMILES string of the molecule is CCC(C#N)Nc1c(C)cccc1F. The highest BCUT2D eigenvalue weighted by Gasteiger charge is 2.09. The first kappa shape index (κ1) is 10.5. The summed E-state index contributed by atoms with van der Waals surface area (Å²) in [6, 6.07) is 6.61. The van der Waals surface area contributed by atoms with Crippen molar-refractivity contribution < 1.29 is 4.39 Å². The molecule has 74 valence electrons. The summed E-state index contributed by atoms with van der Waals surface area (Å²) in [5, 5.41) is 11.6. The van der Waals surface area contributed by atoms with Crippen LogP contribution in [0.3, 0.4) is 0 Å². The van der Waals surface area contributed by atoms with Crippen LogP contribution < -0.4 is 5.32 Å². The van der Waals surface area contributed by atoms with Gasteiger partial charge in [-0.2, -0.15) is 5.26 Å². The number of benzene rings is 1. The smallest absolute Gasteiger partial charge is 0.146 e. The number of nitrogens with one attached hydrogen (secondary N) is 1. The van der Waals surface area contributed by atoms with Crippen LogP contribution in [0.1, 0.15) is 18.9 Å². The molecule has 0 radical (unpaired) electrons. The molecule has 14 heavy (non-hydrogen) atoms. The molecular weight excluding hydrogens is 179 g/mol. The molecule has 0 amide bonds. The highest BCUT2D eigenvalue weighted by atomic mass is 19.1. The summed E-state index contributed by atoms with van der Waals surface area (Å²) in [5.74, 6) is -0.307. The third kappa shape index (κ3) is 2.23. The summed E-state index contributed by atoms with van der Waals surface area (Å²) in [7, 11) is 0. The van der Waals surface area contributed by atoms with Crippen molar-refractivity contribution in [2.24, 2.45) is 0 Å². The second-order valence-corrected chi connectivity index (χ2v) is 3.17. The van der Waals surface area contributed by atoms with Crippen LogP contribution in [0.2, 0.25) is 0 Å². The zero-order chi connectivity index (χ0) is 10.6. The Labute approximate surface area is 83.4 Å². The molecule has 0 heterocycles. The van der Waals surface area contributed by atoms with Gasteiger partial charge in [-0.3, -0.25) is 0 Å². The van der Waals surface area contributed by atoms with Gasteiger partial charge in [-0.05, 0) is 25.0 Å². The largest absolute Gasteiger partial charge is 0.367 e. The van der Waals surface area contributed by atoms with Crippen molar-refractivity contribution in [3.05, 3.63) is 29.6 Å². The van der Waals surface area contributed by atoms with Gasteiger partial charge in [0.1, 0.15) is 11.9 Å². The third-order valence-electron chi connectivity index (χ3n) is 2.10. The Hall–Kier alpha value is -1.56. The molecule has 1 atom stereocenters. The van der Waals surface area contributed by atoms with Crippen molar-refractivity contribution in [3.63, 3.8) is 0 Å². The number of nitriles is 1. The number of hydrogen-bond acceptors (Lipinski definition) is 2. The first-order chi connectivity index (χ1) is 6.69. The average molecular weight is 192 g/mol. The standard InChI is InChI=1S/C11H13FN2/c1-3-9(7-13)14-11-8(2)5-4-6-10(11)12/h4-6,9,14H,3H2,1-2H3. The van der Waals surface area contributed by atoms with Gasteiger partial charge >= 0.3 is 0 Å². The fourth-order valence-electron chi connectivity index (χ4n) is 1.21. The van der Waals surface area contributed by atoms with E-state index in [1.165, 1.54) is 6.07 Å². The van der Waals surface area contributed by atoms with Crippen LogP contribution in [0.15, 0.2) is 18.2 Å². The van der Waals surface area contributed by atoms with Crippen LogP contribution in [0.5, 0.6) is 0 Å². The van der Waals surface area contributed by atoms with E-state index in [9.17, 15) is 4.39 Å². The van der Waals surface area contributed by atoms with Gasteiger partial charge in [-0.1, -0.05) is 19.1 Å². The van der Waals surface area contributed by atoms with Crippen LogP contribution in [0.25, 0.3) is 0 Å². The normalized spacial score (nSPS) is 11.9. The summed E-state index contributed by atoms with van der Waals surface area (Å²) < 4.78 is 13.3. The summed E-state index contributed by atoms with van der Waals surface area (Å²) in [4.78, 5) is 0. The van der Waals surface area contributed by atoms with Crippen molar-refractivity contribution >= 4 is 5.69 Å². The molecule has 0 bridgehead atoms. The number of halogens is 1. The second-order valence-electron chi connectivity index (χ2n) is 3.17. The molecule has 2 nitrogen and oxygen atoms in total. The van der Waals surface area contributed by atoms with E-state index in [1.54, 1.807) is 6.07 Å². The van der Waals surface area contributed by atoms with Gasteiger partial charge in [0.15, 0.2) is 0 Å². The molecule has 1 unspecified atom stereocenters. The Bertz CT molecular complexity index is 335. The maximum Gasteiger partial charge on any atom is 0.146 e. The number of hydrogen-bond donors (Lipinski definition) is 1. The van der Waals surface area contributed by atoms with Gasteiger partial charge in [-0.25, -0.2) is 4.39 Å². The minimum atomic E-state index is -0.328. The minimum Gasteiger partial charge on any atom is -0.367 e. The van der Waals surface area contributed by atoms with Crippen molar-refractivity contribution in [1.29, 1.82) is 5.26 Å². The van der Waals surface area contributed by atoms with Crippen molar-refractivity contribution in [3.8, 4) is 6.07 Å². The van der Waals surface area contributed by atoms with E-state index in [-0.39, 0.29) is 11.9 Å². The number of rotatable bonds is 3. The summed E-state index contributed by atoms with van der Waals surface area (Å²) >= 11 is 0. The zero-order valence-electron chi connectivity index (χ0n) is 8.34. The van der Waals surface area contributed by atoms with Gasteiger partial charge in [0.2, 0.25) is 0 Å². The van der Waals surface area contributed by atoms with Gasteiger partial charge in [0.05, 0.1) is 11.8 Å². The molecule has 0 saturated carbocycles. The highest BCUT2D eigenvalue weighted by molar-refractivity contribution is 5.53. The van der Waals surface area contributed by atoms with E-state index in [4.69, 9.17) is 5.26 Å². The topological polar surface area (TPSA) is 35.8 Å². The molecular formula is C11H13FN2. The summed E-state index contributed by atoms with van der Waals surface area (Å²) in [5.41, 5.74) is 1.25. The van der Waals surface area contributed by atoms with Crippen LogP contribution in [0, 0.1) is 24.1 Å². The van der Waals surface area contributed by atoms with Crippen LogP contribution in [-0.4, -0.2) is 6.04 Å². The lowest BCUT2D eigenvalue weighted by Gasteiger charge is -2.13. The maximum absolute atomic E-state index is 13.3. The molecule has 1 N–H and O–H groups in total. The molecule has 1 aromatic carbocycles. The molecule has 0 fully saturated rings. The summed E-state index contributed by atoms with van der Waals surface area (Å²) in [6.45, 7) is 3.70. The quantitative estimate of drug-likeness (QED) is 0.799. The molecule has 0 aliphatic heterocycles. The Morgan fingerprint density at radius 1 is 1.57 bits per heavy atom. The molecule has 0 aromatic heterocycles. The van der Waals surface area contributed by atoms with Crippen LogP contribution >= 0.6 is 0 Å². The number of anilines is 1. The fraction of sp³-hybridized carbons (Fsp3) is 0.364. The van der Waals surface area contributed by atoms with Gasteiger partial charge < -0.3 is 5.32 Å². The summed E-state index contributed by atoms with van der Waals surface area (Å²) in [6.07, 6.45) is 0.657. The average Bonchev–Trinajstić information content (AvgIpc) is 2.18. The molecule has 1 rings (SSSR count). The number of nitrogens with zero attached hydrogens (tertiary/aromatic N) is 1. The number of aryl methyl sites for hydroxylation is 1. The molecule has 0 aliphatic carbocycles. The Morgan fingerprint density at radius 3 is 2.79 bits per heavy atom. The van der Waals surface area contributed by atoms with Gasteiger partial charge in [-0.15, -0.1) is 0 Å². The monoisotopic (exact) mass is 192 g/mol. The van der Waals surface area contributed by atoms with Crippen LogP contribution in [-0.2, 0) is 0 Å². The van der Waals surface area contributed by atoms with Crippen molar-refractivity contribution in [2.75, 3.05) is 5.32 Å². The Balaban J connectivity index is 2.91. The van der Waals surface area contributed by atoms with Gasteiger partial charge in [0, 0.05) is 0 Å².